The van der Waals surface area contributed by atoms with E-state index < -0.39 is 11.9 Å². The lowest BCUT2D eigenvalue weighted by atomic mass is 10.2. The average Bonchev–Trinajstić information content (AvgIpc) is 3.03. The Morgan fingerprint density at radius 2 is 1.75 bits per heavy atom. The number of rotatable bonds is 5. The summed E-state index contributed by atoms with van der Waals surface area (Å²) >= 11 is 12.9. The topological polar surface area (TPSA) is 63.7 Å². The normalized spacial score (nSPS) is 14.8. The highest BCUT2D eigenvalue weighted by Crippen LogP contribution is 2.35. The summed E-state index contributed by atoms with van der Waals surface area (Å²) < 4.78 is 5.41. The monoisotopic (exact) mass is 483 g/mol. The highest BCUT2D eigenvalue weighted by molar-refractivity contribution is 8.18. The van der Waals surface area contributed by atoms with E-state index in [1.54, 1.807) is 72.8 Å². The smallest absolute Gasteiger partial charge is 0.343 e. The summed E-state index contributed by atoms with van der Waals surface area (Å²) in [5, 5.41) is 0.466. The molecule has 1 aliphatic heterocycles. The number of imide groups is 1. The van der Waals surface area contributed by atoms with Crippen molar-refractivity contribution in [1.29, 1.82) is 0 Å². The number of carbonyl (C=O) groups excluding carboxylic acids is 3. The molecule has 4 rings (SSSR count). The lowest BCUT2D eigenvalue weighted by Crippen LogP contribution is -2.27. The third-order valence-corrected chi connectivity index (χ3v) is 6.09. The van der Waals surface area contributed by atoms with E-state index in [9.17, 15) is 14.4 Å². The lowest BCUT2D eigenvalue weighted by molar-refractivity contribution is -0.123. The van der Waals surface area contributed by atoms with E-state index in [1.165, 1.54) is 0 Å². The number of hydrogen-bond acceptors (Lipinski definition) is 5. The van der Waals surface area contributed by atoms with Crippen LogP contribution in [0.25, 0.3) is 6.08 Å². The second kappa shape index (κ2) is 9.61. The van der Waals surface area contributed by atoms with Crippen LogP contribution in [0.5, 0.6) is 5.75 Å². The maximum atomic E-state index is 12.8. The Labute approximate surface area is 198 Å². The molecule has 3 aromatic carbocycles. The van der Waals surface area contributed by atoms with Crippen LogP contribution in [0.15, 0.2) is 77.7 Å². The molecule has 0 aromatic heterocycles. The van der Waals surface area contributed by atoms with E-state index in [2.05, 4.69) is 0 Å². The summed E-state index contributed by atoms with van der Waals surface area (Å²) in [6.07, 6.45) is 1.59. The fraction of sp³-hybridized carbons (Fsp3) is 0.0417. The van der Waals surface area contributed by atoms with Gasteiger partial charge in [0.25, 0.3) is 11.1 Å². The van der Waals surface area contributed by atoms with Crippen molar-refractivity contribution < 1.29 is 19.1 Å². The van der Waals surface area contributed by atoms with Crippen LogP contribution in [0, 0.1) is 0 Å². The highest BCUT2D eigenvalue weighted by Gasteiger charge is 2.35. The molecule has 0 spiro atoms. The van der Waals surface area contributed by atoms with Gasteiger partial charge < -0.3 is 4.74 Å². The van der Waals surface area contributed by atoms with Crippen molar-refractivity contribution in [3.8, 4) is 5.75 Å². The van der Waals surface area contributed by atoms with Crippen molar-refractivity contribution >= 4 is 58.2 Å². The van der Waals surface area contributed by atoms with Crippen molar-refractivity contribution in [3.63, 3.8) is 0 Å². The van der Waals surface area contributed by atoms with E-state index in [-0.39, 0.29) is 16.7 Å². The summed E-state index contributed by atoms with van der Waals surface area (Å²) in [7, 11) is 0. The fourth-order valence-electron chi connectivity index (χ4n) is 3.02. The Morgan fingerprint density at radius 3 is 2.50 bits per heavy atom. The highest BCUT2D eigenvalue weighted by atomic mass is 35.5. The molecule has 3 aromatic rings. The number of benzene rings is 3. The quantitative estimate of drug-likeness (QED) is 0.237. The van der Waals surface area contributed by atoms with Gasteiger partial charge in [0.05, 0.1) is 17.0 Å². The first-order valence-electron chi connectivity index (χ1n) is 9.47. The standard InChI is InChI=1S/C24H15Cl2NO4S/c25-18-10-9-17(20(26)13-18)14-27-22(28)21(32-24(27)30)12-15-5-4-8-19(11-15)31-23(29)16-6-2-1-3-7-16/h1-13H,14H2/b21-12-. The zero-order valence-corrected chi connectivity index (χ0v) is 18.8. The number of thioether (sulfide) groups is 1. The van der Waals surface area contributed by atoms with Gasteiger partial charge in [-0.1, -0.05) is 59.6 Å². The second-order valence-electron chi connectivity index (χ2n) is 6.83. The first-order chi connectivity index (χ1) is 15.4. The van der Waals surface area contributed by atoms with Crippen molar-refractivity contribution in [3.05, 3.63) is 104 Å². The van der Waals surface area contributed by atoms with Gasteiger partial charge in [-0.25, -0.2) is 4.79 Å². The molecule has 0 atom stereocenters. The molecular weight excluding hydrogens is 469 g/mol. The molecule has 0 aliphatic carbocycles. The van der Waals surface area contributed by atoms with Gasteiger partial charge >= 0.3 is 5.97 Å². The second-order valence-corrected chi connectivity index (χ2v) is 8.67. The zero-order valence-electron chi connectivity index (χ0n) is 16.5. The van der Waals surface area contributed by atoms with Gasteiger partial charge in [0, 0.05) is 10.0 Å². The van der Waals surface area contributed by atoms with Gasteiger partial charge in [0.1, 0.15) is 5.75 Å². The zero-order chi connectivity index (χ0) is 22.7. The largest absolute Gasteiger partial charge is 0.423 e. The molecule has 0 bridgehead atoms. The molecule has 8 heteroatoms. The molecule has 0 saturated carbocycles. The molecule has 0 radical (unpaired) electrons. The van der Waals surface area contributed by atoms with Gasteiger partial charge in [-0.3, -0.25) is 14.5 Å². The third kappa shape index (κ3) is 5.05. The van der Waals surface area contributed by atoms with Crippen LogP contribution in [0.1, 0.15) is 21.5 Å². The Morgan fingerprint density at radius 1 is 0.969 bits per heavy atom. The van der Waals surface area contributed by atoms with Crippen LogP contribution in [0.2, 0.25) is 10.0 Å². The van der Waals surface area contributed by atoms with Crippen molar-refractivity contribution in [2.24, 2.45) is 0 Å². The predicted octanol–water partition coefficient (Wildman–Crippen LogP) is 6.45. The molecule has 0 N–H and O–H groups in total. The summed E-state index contributed by atoms with van der Waals surface area (Å²) in [4.78, 5) is 38.9. The molecule has 0 unspecified atom stereocenters. The molecule has 1 aliphatic rings. The van der Waals surface area contributed by atoms with Gasteiger partial charge in [-0.2, -0.15) is 0 Å². The van der Waals surface area contributed by atoms with Crippen LogP contribution in [-0.4, -0.2) is 22.0 Å². The van der Waals surface area contributed by atoms with Crippen LogP contribution in [0.3, 0.4) is 0 Å². The van der Waals surface area contributed by atoms with Crippen LogP contribution < -0.4 is 4.74 Å². The number of carbonyl (C=O) groups is 3. The van der Waals surface area contributed by atoms with Gasteiger partial charge in [0.15, 0.2) is 0 Å². The van der Waals surface area contributed by atoms with E-state index in [0.717, 1.165) is 16.7 Å². The summed E-state index contributed by atoms with van der Waals surface area (Å²) in [6.45, 7) is 0.0484. The number of nitrogens with zero attached hydrogens (tertiary/aromatic N) is 1. The maximum absolute atomic E-state index is 12.8. The SMILES string of the molecule is O=C(Oc1cccc(/C=C2\SC(=O)N(Cc3ccc(Cl)cc3Cl)C2=O)c1)c1ccccc1. The summed E-state index contributed by atoms with van der Waals surface area (Å²) in [5.74, 6) is -0.569. The van der Waals surface area contributed by atoms with Crippen LogP contribution in [0.4, 0.5) is 4.79 Å². The minimum absolute atomic E-state index is 0.0484. The fourth-order valence-corrected chi connectivity index (χ4v) is 4.32. The van der Waals surface area contributed by atoms with Crippen LogP contribution >= 0.6 is 35.0 Å². The van der Waals surface area contributed by atoms with Crippen molar-refractivity contribution in [2.45, 2.75) is 6.54 Å². The first-order valence-corrected chi connectivity index (χ1v) is 11.0. The Kier molecular flexibility index (Phi) is 6.65. The summed E-state index contributed by atoms with van der Waals surface area (Å²) in [6, 6.07) is 20.3. The van der Waals surface area contributed by atoms with Crippen molar-refractivity contribution in [2.75, 3.05) is 0 Å². The number of ether oxygens (including phenoxy) is 1. The molecule has 160 valence electrons. The number of esters is 1. The molecule has 1 heterocycles. The molecule has 1 saturated heterocycles. The first kappa shape index (κ1) is 22.1. The Balaban J connectivity index is 1.50. The van der Waals surface area contributed by atoms with E-state index in [4.69, 9.17) is 27.9 Å². The van der Waals surface area contributed by atoms with Gasteiger partial charge in [0.2, 0.25) is 0 Å². The van der Waals surface area contributed by atoms with Gasteiger partial charge in [-0.15, -0.1) is 0 Å². The average molecular weight is 484 g/mol. The number of halogens is 2. The van der Waals surface area contributed by atoms with Crippen molar-refractivity contribution in [1.82, 2.24) is 4.90 Å². The van der Waals surface area contributed by atoms with E-state index >= 15 is 0 Å². The number of amides is 2. The third-order valence-electron chi connectivity index (χ3n) is 4.59. The minimum atomic E-state index is -0.483. The van der Waals surface area contributed by atoms with E-state index in [1.807, 2.05) is 6.07 Å². The predicted molar refractivity (Wildman–Crippen MR) is 126 cm³/mol. The minimum Gasteiger partial charge on any atom is -0.423 e. The molecule has 1 fully saturated rings. The molecule has 5 nitrogen and oxygen atoms in total. The van der Waals surface area contributed by atoms with E-state index in [0.29, 0.717) is 32.5 Å². The summed E-state index contributed by atoms with van der Waals surface area (Å²) in [5.41, 5.74) is 1.67. The molecule has 2 amide bonds. The number of hydrogen-bond donors (Lipinski definition) is 0. The molecule has 32 heavy (non-hydrogen) atoms. The lowest BCUT2D eigenvalue weighted by Gasteiger charge is -2.13. The molecular formula is C24H15Cl2NO4S. The van der Waals surface area contributed by atoms with Gasteiger partial charge in [-0.05, 0) is 65.4 Å². The Hall–Kier alpha value is -3.06. The maximum Gasteiger partial charge on any atom is 0.343 e. The van der Waals surface area contributed by atoms with Crippen LogP contribution in [-0.2, 0) is 11.3 Å². The Bertz CT molecular complexity index is 1240.